The van der Waals surface area contributed by atoms with Crippen LogP contribution in [0.5, 0.6) is 0 Å². The van der Waals surface area contributed by atoms with Crippen molar-refractivity contribution >= 4 is 5.97 Å². The number of aliphatic carboxylic acids is 1. The van der Waals surface area contributed by atoms with Crippen LogP contribution < -0.4 is 0 Å². The van der Waals surface area contributed by atoms with Gasteiger partial charge in [-0.25, -0.2) is 0 Å². The number of hydrogen-bond donors (Lipinski definition) is 1. The highest BCUT2D eigenvalue weighted by atomic mass is 16.6. The monoisotopic (exact) mass is 170 g/mol. The molecule has 12 heavy (non-hydrogen) atoms. The first kappa shape index (κ1) is 9.26. The molecule has 0 aromatic heterocycles. The van der Waals surface area contributed by atoms with Crippen LogP contribution in [0.2, 0.25) is 0 Å². The van der Waals surface area contributed by atoms with E-state index in [-0.39, 0.29) is 5.92 Å². The van der Waals surface area contributed by atoms with Crippen molar-refractivity contribution in [3.8, 4) is 0 Å². The zero-order valence-corrected chi connectivity index (χ0v) is 7.03. The summed E-state index contributed by atoms with van der Waals surface area (Å²) in [7, 11) is 0. The van der Waals surface area contributed by atoms with E-state index in [4.69, 9.17) is 9.84 Å². The third kappa shape index (κ3) is 3.05. The van der Waals surface area contributed by atoms with Crippen molar-refractivity contribution in [3.63, 3.8) is 0 Å². The van der Waals surface area contributed by atoms with Gasteiger partial charge in [-0.05, 0) is 19.3 Å². The Hall–Kier alpha value is -0.830. The van der Waals surface area contributed by atoms with E-state index in [0.717, 1.165) is 13.0 Å². The van der Waals surface area contributed by atoms with Crippen molar-refractivity contribution in [1.29, 1.82) is 0 Å². The zero-order valence-electron chi connectivity index (χ0n) is 7.03. The van der Waals surface area contributed by atoms with Crippen molar-refractivity contribution < 1.29 is 14.6 Å². The Morgan fingerprint density at radius 1 is 1.83 bits per heavy atom. The second-order valence-corrected chi connectivity index (χ2v) is 3.09. The van der Waals surface area contributed by atoms with E-state index in [1.165, 1.54) is 0 Å². The number of epoxide rings is 1. The minimum Gasteiger partial charge on any atom is -0.481 e. The molecule has 0 bridgehead atoms. The highest BCUT2D eigenvalue weighted by Gasteiger charge is 2.25. The minimum atomic E-state index is -0.726. The summed E-state index contributed by atoms with van der Waals surface area (Å²) in [6.07, 6.45) is 4.11. The Morgan fingerprint density at radius 2 is 2.50 bits per heavy atom. The standard InChI is InChI=1S/C9H14O3/c1-2-3-7(9(10)11)4-5-8-6-12-8/h2,7-8H,1,3-6H2,(H,10,11). The quantitative estimate of drug-likeness (QED) is 0.484. The van der Waals surface area contributed by atoms with Crippen molar-refractivity contribution in [1.82, 2.24) is 0 Å². The van der Waals surface area contributed by atoms with Gasteiger partial charge in [-0.1, -0.05) is 6.08 Å². The number of ether oxygens (including phenoxy) is 1. The van der Waals surface area contributed by atoms with E-state index in [1.54, 1.807) is 6.08 Å². The lowest BCUT2D eigenvalue weighted by molar-refractivity contribution is -0.141. The van der Waals surface area contributed by atoms with Gasteiger partial charge in [0.1, 0.15) is 0 Å². The molecule has 0 spiro atoms. The van der Waals surface area contributed by atoms with Crippen LogP contribution in [0.25, 0.3) is 0 Å². The summed E-state index contributed by atoms with van der Waals surface area (Å²) in [6.45, 7) is 4.34. The van der Waals surface area contributed by atoms with Crippen LogP contribution in [-0.4, -0.2) is 23.8 Å². The van der Waals surface area contributed by atoms with Crippen LogP contribution in [0.1, 0.15) is 19.3 Å². The molecule has 1 rings (SSSR count). The maximum atomic E-state index is 10.6. The van der Waals surface area contributed by atoms with Gasteiger partial charge in [0.15, 0.2) is 0 Å². The summed E-state index contributed by atoms with van der Waals surface area (Å²) >= 11 is 0. The lowest BCUT2D eigenvalue weighted by atomic mass is 9.99. The molecule has 1 saturated heterocycles. The van der Waals surface area contributed by atoms with E-state index in [0.29, 0.717) is 18.9 Å². The smallest absolute Gasteiger partial charge is 0.306 e. The summed E-state index contributed by atoms with van der Waals surface area (Å²) in [6, 6.07) is 0. The van der Waals surface area contributed by atoms with E-state index in [1.807, 2.05) is 0 Å². The second kappa shape index (κ2) is 4.26. The highest BCUT2D eigenvalue weighted by molar-refractivity contribution is 5.70. The van der Waals surface area contributed by atoms with Gasteiger partial charge in [-0.15, -0.1) is 6.58 Å². The van der Waals surface area contributed by atoms with Crippen LogP contribution in [0.4, 0.5) is 0 Å². The average molecular weight is 170 g/mol. The van der Waals surface area contributed by atoms with Crippen LogP contribution in [-0.2, 0) is 9.53 Å². The number of hydrogen-bond acceptors (Lipinski definition) is 2. The summed E-state index contributed by atoms with van der Waals surface area (Å²) in [4.78, 5) is 10.6. The van der Waals surface area contributed by atoms with Gasteiger partial charge in [-0.2, -0.15) is 0 Å². The predicted octanol–water partition coefficient (Wildman–Crippen LogP) is 1.44. The molecule has 2 atom stereocenters. The molecule has 2 unspecified atom stereocenters. The molecule has 0 aliphatic carbocycles. The number of carboxylic acid groups (broad SMARTS) is 1. The van der Waals surface area contributed by atoms with Gasteiger partial charge in [-0.3, -0.25) is 4.79 Å². The van der Waals surface area contributed by atoms with Crippen molar-refractivity contribution in [2.45, 2.75) is 25.4 Å². The van der Waals surface area contributed by atoms with E-state index in [9.17, 15) is 4.79 Å². The molecule has 0 radical (unpaired) electrons. The molecule has 68 valence electrons. The Kier molecular flexibility index (Phi) is 3.29. The van der Waals surface area contributed by atoms with E-state index < -0.39 is 5.97 Å². The molecular weight excluding hydrogens is 156 g/mol. The Bertz CT molecular complexity index is 173. The molecular formula is C9H14O3. The first-order valence-corrected chi connectivity index (χ1v) is 4.19. The fourth-order valence-corrected chi connectivity index (χ4v) is 1.17. The second-order valence-electron chi connectivity index (χ2n) is 3.09. The van der Waals surface area contributed by atoms with E-state index >= 15 is 0 Å². The van der Waals surface area contributed by atoms with Crippen molar-refractivity contribution in [2.75, 3.05) is 6.61 Å². The fourth-order valence-electron chi connectivity index (χ4n) is 1.17. The third-order valence-corrected chi connectivity index (χ3v) is 2.04. The summed E-state index contributed by atoms with van der Waals surface area (Å²) in [5.74, 6) is -0.998. The molecule has 0 amide bonds. The van der Waals surface area contributed by atoms with Crippen molar-refractivity contribution in [3.05, 3.63) is 12.7 Å². The SMILES string of the molecule is C=CCC(CCC1CO1)C(=O)O. The fraction of sp³-hybridized carbons (Fsp3) is 0.667. The summed E-state index contributed by atoms with van der Waals surface area (Å²) < 4.78 is 5.00. The predicted molar refractivity (Wildman–Crippen MR) is 44.9 cm³/mol. The summed E-state index contributed by atoms with van der Waals surface area (Å²) in [5, 5.41) is 8.75. The molecule has 0 aromatic carbocycles. The van der Waals surface area contributed by atoms with Gasteiger partial charge < -0.3 is 9.84 Å². The average Bonchev–Trinajstić information content (AvgIpc) is 2.80. The first-order valence-electron chi connectivity index (χ1n) is 4.19. The minimum absolute atomic E-state index is 0.272. The van der Waals surface area contributed by atoms with Crippen LogP contribution >= 0.6 is 0 Å². The molecule has 1 N–H and O–H groups in total. The Morgan fingerprint density at radius 3 is 2.92 bits per heavy atom. The van der Waals surface area contributed by atoms with Gasteiger partial charge in [0, 0.05) is 0 Å². The lowest BCUT2D eigenvalue weighted by Crippen LogP contribution is -2.13. The molecule has 1 aliphatic rings. The topological polar surface area (TPSA) is 49.8 Å². The Balaban J connectivity index is 2.20. The molecule has 0 saturated carbocycles. The molecule has 1 heterocycles. The number of carbonyl (C=O) groups is 1. The van der Waals surface area contributed by atoms with Gasteiger partial charge in [0.2, 0.25) is 0 Å². The van der Waals surface area contributed by atoms with Gasteiger partial charge in [0.05, 0.1) is 18.6 Å². The number of carboxylic acids is 1. The maximum absolute atomic E-state index is 10.6. The molecule has 3 heteroatoms. The highest BCUT2D eigenvalue weighted by Crippen LogP contribution is 2.21. The first-order chi connectivity index (χ1) is 5.74. The zero-order chi connectivity index (χ0) is 8.97. The number of allylic oxidation sites excluding steroid dienone is 1. The molecule has 3 nitrogen and oxygen atoms in total. The van der Waals surface area contributed by atoms with Crippen molar-refractivity contribution in [2.24, 2.45) is 5.92 Å². The maximum Gasteiger partial charge on any atom is 0.306 e. The molecule has 1 fully saturated rings. The van der Waals surface area contributed by atoms with E-state index in [2.05, 4.69) is 6.58 Å². The van der Waals surface area contributed by atoms with Crippen LogP contribution in [0, 0.1) is 5.92 Å². The third-order valence-electron chi connectivity index (χ3n) is 2.04. The molecule has 0 aromatic rings. The van der Waals surface area contributed by atoms with Crippen LogP contribution in [0.3, 0.4) is 0 Å². The van der Waals surface area contributed by atoms with Gasteiger partial charge in [0.25, 0.3) is 0 Å². The lowest BCUT2D eigenvalue weighted by Gasteiger charge is -2.07. The number of rotatable bonds is 6. The Labute approximate surface area is 72.0 Å². The summed E-state index contributed by atoms with van der Waals surface area (Å²) in [5.41, 5.74) is 0. The van der Waals surface area contributed by atoms with Gasteiger partial charge >= 0.3 is 5.97 Å². The largest absolute Gasteiger partial charge is 0.481 e. The molecule has 1 aliphatic heterocycles. The normalized spacial score (nSPS) is 23.2. The van der Waals surface area contributed by atoms with Crippen LogP contribution in [0.15, 0.2) is 12.7 Å².